The fourth-order valence-electron chi connectivity index (χ4n) is 10.2. The molecule has 1 heterocycles. The number of hydrogen-bond donors (Lipinski definition) is 0. The molecule has 0 N–H and O–H groups in total. The minimum atomic E-state index is -0.260. The Kier molecular flexibility index (Phi) is 7.12. The van der Waals surface area contributed by atoms with Gasteiger partial charge in [0, 0.05) is 18.8 Å². The van der Waals surface area contributed by atoms with Crippen molar-refractivity contribution < 1.29 is 14.3 Å². The van der Waals surface area contributed by atoms with Gasteiger partial charge in [-0.2, -0.15) is 0 Å². The molecule has 0 bridgehead atoms. The highest BCUT2D eigenvalue weighted by Crippen LogP contribution is 2.72. The molecule has 198 valence electrons. The molecule has 4 aliphatic carbocycles. The molecule has 0 radical (unpaired) electrons. The van der Waals surface area contributed by atoms with E-state index in [0.29, 0.717) is 16.6 Å². The number of hydrogen-bond acceptors (Lipinski definition) is 5. The highest BCUT2D eigenvalue weighted by atomic mass is 32.2. The van der Waals surface area contributed by atoms with Crippen molar-refractivity contribution in [1.29, 1.82) is 0 Å². The van der Waals surface area contributed by atoms with Crippen LogP contribution < -0.4 is 0 Å². The summed E-state index contributed by atoms with van der Waals surface area (Å²) in [5.74, 6) is 4.71. The van der Waals surface area contributed by atoms with Crippen LogP contribution in [0.25, 0.3) is 0 Å². The quantitative estimate of drug-likeness (QED) is 0.261. The monoisotopic (exact) mass is 520 g/mol. The third-order valence-corrected chi connectivity index (χ3v) is 13.3. The van der Waals surface area contributed by atoms with Crippen molar-refractivity contribution in [2.45, 2.75) is 129 Å². The molecular formula is C30H48O3S2. The van der Waals surface area contributed by atoms with E-state index in [1.165, 1.54) is 58.3 Å². The summed E-state index contributed by atoms with van der Waals surface area (Å²) in [6.45, 7) is 14.0. The van der Waals surface area contributed by atoms with Crippen LogP contribution in [-0.2, 0) is 14.3 Å². The highest BCUT2D eigenvalue weighted by Gasteiger charge is 2.71. The third-order valence-electron chi connectivity index (χ3n) is 11.8. The lowest BCUT2D eigenvalue weighted by atomic mass is 9.42. The first-order valence-corrected chi connectivity index (χ1v) is 15.9. The zero-order valence-corrected chi connectivity index (χ0v) is 24.6. The third kappa shape index (κ3) is 4.21. The molecular weight excluding hydrogens is 472 g/mol. The van der Waals surface area contributed by atoms with E-state index in [1.807, 2.05) is 11.8 Å². The summed E-state index contributed by atoms with van der Waals surface area (Å²) >= 11 is 7.52. The summed E-state index contributed by atoms with van der Waals surface area (Å²) in [4.78, 5) is 11.8. The van der Waals surface area contributed by atoms with Gasteiger partial charge in [-0.25, -0.2) is 0 Å². The van der Waals surface area contributed by atoms with Gasteiger partial charge < -0.3 is 9.47 Å². The molecule has 5 aliphatic rings. The fourth-order valence-corrected chi connectivity index (χ4v) is 12.1. The zero-order valence-electron chi connectivity index (χ0n) is 22.9. The molecule has 0 amide bonds. The zero-order chi connectivity index (χ0) is 25.2. The van der Waals surface area contributed by atoms with Crippen molar-refractivity contribution in [1.82, 2.24) is 0 Å². The second-order valence-corrected chi connectivity index (χ2v) is 15.7. The summed E-state index contributed by atoms with van der Waals surface area (Å²) in [5.41, 5.74) is 0.353. The van der Waals surface area contributed by atoms with Crippen molar-refractivity contribution in [2.75, 3.05) is 0 Å². The molecule has 5 fully saturated rings. The van der Waals surface area contributed by atoms with Gasteiger partial charge in [-0.1, -0.05) is 65.6 Å². The Morgan fingerprint density at radius 1 is 1.11 bits per heavy atom. The number of thioether (sulfide) groups is 1. The summed E-state index contributed by atoms with van der Waals surface area (Å²) < 4.78 is 13.2. The van der Waals surface area contributed by atoms with Crippen LogP contribution >= 0.6 is 24.0 Å². The summed E-state index contributed by atoms with van der Waals surface area (Å²) in [7, 11) is 0. The topological polar surface area (TPSA) is 35.5 Å². The number of esters is 1. The minimum Gasteiger partial charge on any atom is -0.470 e. The number of carbonyl (C=O) groups excluding carboxylic acids is 1. The lowest BCUT2D eigenvalue weighted by Crippen LogP contribution is -2.67. The maximum Gasteiger partial charge on any atom is 0.302 e. The predicted octanol–water partition coefficient (Wildman–Crippen LogP) is 8.19. The normalized spacial score (nSPS) is 47.3. The van der Waals surface area contributed by atoms with Crippen LogP contribution in [0.2, 0.25) is 0 Å². The van der Waals surface area contributed by atoms with E-state index in [0.717, 1.165) is 53.2 Å². The van der Waals surface area contributed by atoms with Crippen LogP contribution in [0.4, 0.5) is 0 Å². The van der Waals surface area contributed by atoms with Crippen LogP contribution in [0.1, 0.15) is 112 Å². The Bertz CT molecular complexity index is 843. The maximum atomic E-state index is 11.8. The van der Waals surface area contributed by atoms with Gasteiger partial charge >= 0.3 is 5.97 Å². The number of rotatable bonds is 6. The lowest BCUT2D eigenvalue weighted by Gasteiger charge is -2.65. The molecule has 1 saturated heterocycles. The first-order chi connectivity index (χ1) is 16.5. The molecule has 1 aliphatic heterocycles. The Morgan fingerprint density at radius 2 is 1.89 bits per heavy atom. The van der Waals surface area contributed by atoms with Gasteiger partial charge in [-0.15, -0.1) is 0 Å². The largest absolute Gasteiger partial charge is 0.470 e. The number of fused-ring (bicyclic) bond motifs is 4. The van der Waals surface area contributed by atoms with Crippen molar-refractivity contribution in [3.05, 3.63) is 0 Å². The Balaban J connectivity index is 1.38. The van der Waals surface area contributed by atoms with Gasteiger partial charge in [-0.05, 0) is 98.1 Å². The minimum absolute atomic E-state index is 0.0301. The van der Waals surface area contributed by atoms with Gasteiger partial charge in [0.2, 0.25) is 4.38 Å². The van der Waals surface area contributed by atoms with Gasteiger partial charge in [-0.3, -0.25) is 4.79 Å². The van der Waals surface area contributed by atoms with E-state index in [1.54, 1.807) is 0 Å². The molecule has 3 nitrogen and oxygen atoms in total. The molecule has 1 spiro atoms. The van der Waals surface area contributed by atoms with E-state index in [4.69, 9.17) is 21.7 Å². The first-order valence-electron chi connectivity index (χ1n) is 14.6. The standard InChI is InChI=1S/C30H48O3S2/c1-18(2)8-7-9-19(3)23-10-11-24-22-16-26-30(33-27(34)35-26)17-21(32-20(4)31)12-15-29(30,6)25(22)13-14-28(23,24)5/h18-19,21-26H,7-17H2,1-6H3. The average molecular weight is 521 g/mol. The Morgan fingerprint density at radius 3 is 2.60 bits per heavy atom. The van der Waals surface area contributed by atoms with Crippen LogP contribution in [0.3, 0.4) is 0 Å². The predicted molar refractivity (Wildman–Crippen MR) is 148 cm³/mol. The smallest absolute Gasteiger partial charge is 0.302 e. The van der Waals surface area contributed by atoms with E-state index in [-0.39, 0.29) is 23.1 Å². The second kappa shape index (κ2) is 9.47. The Labute approximate surface area is 223 Å². The van der Waals surface area contributed by atoms with E-state index in [2.05, 4.69) is 34.6 Å². The van der Waals surface area contributed by atoms with Gasteiger partial charge in [0.05, 0.1) is 5.25 Å². The average Bonchev–Trinajstić information content (AvgIpc) is 3.28. The van der Waals surface area contributed by atoms with Crippen LogP contribution in [0.15, 0.2) is 0 Å². The molecule has 0 aromatic heterocycles. The van der Waals surface area contributed by atoms with Crippen LogP contribution in [0, 0.1) is 46.3 Å². The van der Waals surface area contributed by atoms with Crippen molar-refractivity contribution >= 4 is 34.3 Å². The van der Waals surface area contributed by atoms with Gasteiger partial charge in [0.25, 0.3) is 0 Å². The lowest BCUT2D eigenvalue weighted by molar-refractivity contribution is -0.209. The highest BCUT2D eigenvalue weighted by molar-refractivity contribution is 8.23. The number of thiocarbonyl (C=S) groups is 1. The molecule has 0 aromatic carbocycles. The van der Waals surface area contributed by atoms with Gasteiger partial charge in [0.1, 0.15) is 11.7 Å². The molecule has 10 atom stereocenters. The number of ether oxygens (including phenoxy) is 2. The van der Waals surface area contributed by atoms with E-state index >= 15 is 0 Å². The van der Waals surface area contributed by atoms with Crippen molar-refractivity contribution in [2.24, 2.45) is 46.3 Å². The summed E-state index contributed by atoms with van der Waals surface area (Å²) in [6.07, 6.45) is 13.8. The summed E-state index contributed by atoms with van der Waals surface area (Å²) in [5, 5.41) is 0.407. The van der Waals surface area contributed by atoms with E-state index < -0.39 is 0 Å². The Hall–Kier alpha value is -0.290. The SMILES string of the molecule is CC(=O)OC1CCC2(C)C3CCC4(C)C(C(C)CCCC(C)C)CCC4C3CC3SC(=S)OC32C1. The molecule has 10 unspecified atom stereocenters. The fraction of sp³-hybridized carbons (Fsp3) is 0.933. The molecule has 5 heteroatoms. The molecule has 4 saturated carbocycles. The first kappa shape index (κ1) is 26.3. The van der Waals surface area contributed by atoms with Crippen molar-refractivity contribution in [3.8, 4) is 0 Å². The molecule has 0 aromatic rings. The summed E-state index contributed by atoms with van der Waals surface area (Å²) in [6, 6.07) is 0. The maximum absolute atomic E-state index is 11.8. The van der Waals surface area contributed by atoms with Crippen molar-refractivity contribution in [3.63, 3.8) is 0 Å². The second-order valence-electron chi connectivity index (χ2n) is 13.9. The van der Waals surface area contributed by atoms with Crippen LogP contribution in [0.5, 0.6) is 0 Å². The van der Waals surface area contributed by atoms with Gasteiger partial charge in [0.15, 0.2) is 0 Å². The number of carbonyl (C=O) groups is 1. The molecule has 5 rings (SSSR count). The molecule has 35 heavy (non-hydrogen) atoms. The van der Waals surface area contributed by atoms with Crippen LogP contribution in [-0.4, -0.2) is 27.3 Å². The van der Waals surface area contributed by atoms with E-state index in [9.17, 15) is 4.79 Å².